The maximum atomic E-state index is 12.0. The molecule has 0 amide bonds. The molecule has 1 rings (SSSR count). The number of hydrogen-bond acceptors (Lipinski definition) is 4. The van der Waals surface area contributed by atoms with Crippen LogP contribution in [0.1, 0.15) is 122 Å². The molecule has 0 aromatic rings. The predicted molar refractivity (Wildman–Crippen MR) is 121 cm³/mol. The number of ketones is 1. The molecule has 0 radical (unpaired) electrons. The molecule has 5 nitrogen and oxygen atoms in total. The largest absolute Gasteiger partial charge is 0.481 e. The Bertz CT molecular complexity index is 451. The van der Waals surface area contributed by atoms with Gasteiger partial charge in [-0.05, 0) is 12.8 Å². The van der Waals surface area contributed by atoms with Gasteiger partial charge in [0.1, 0.15) is 6.10 Å². The number of hydrogen-bond donors (Lipinski definition) is 2. The lowest BCUT2D eigenvalue weighted by molar-refractivity contribution is -0.157. The molecular weight excluding hydrogens is 380 g/mol. The quantitative estimate of drug-likeness (QED) is 0.245. The van der Waals surface area contributed by atoms with E-state index in [0.29, 0.717) is 6.61 Å². The number of rotatable bonds is 19. The van der Waals surface area contributed by atoms with Crippen molar-refractivity contribution < 1.29 is 24.5 Å². The zero-order valence-corrected chi connectivity index (χ0v) is 19.3. The Labute approximate surface area is 184 Å². The first-order chi connectivity index (χ1) is 14.6. The Morgan fingerprint density at radius 2 is 1.27 bits per heavy atom. The molecular formula is C25H46O5. The van der Waals surface area contributed by atoms with E-state index in [1.54, 1.807) is 0 Å². The first-order valence-corrected chi connectivity index (χ1v) is 12.6. The maximum absolute atomic E-state index is 12.0. The fraction of sp³-hybridized carbons (Fsp3) is 0.920. The van der Waals surface area contributed by atoms with E-state index >= 15 is 0 Å². The summed E-state index contributed by atoms with van der Waals surface area (Å²) in [4.78, 5) is 22.9. The lowest BCUT2D eigenvalue weighted by Gasteiger charge is -2.29. The molecule has 1 saturated carbocycles. The Kier molecular flexibility index (Phi) is 16.0. The van der Waals surface area contributed by atoms with Gasteiger partial charge in [-0.15, -0.1) is 0 Å². The molecule has 1 aliphatic carbocycles. The topological polar surface area (TPSA) is 83.8 Å². The number of carbonyl (C=O) groups is 2. The monoisotopic (exact) mass is 426 g/mol. The van der Waals surface area contributed by atoms with Crippen molar-refractivity contribution in [2.24, 2.45) is 5.92 Å². The number of unbranched alkanes of at least 4 members (excludes halogenated alkanes) is 15. The van der Waals surface area contributed by atoms with Crippen LogP contribution in [0, 0.1) is 5.92 Å². The van der Waals surface area contributed by atoms with E-state index in [2.05, 4.69) is 6.92 Å². The summed E-state index contributed by atoms with van der Waals surface area (Å²) < 4.78 is 5.56. The molecule has 0 aromatic heterocycles. The van der Waals surface area contributed by atoms with Crippen molar-refractivity contribution in [1.29, 1.82) is 0 Å². The van der Waals surface area contributed by atoms with Gasteiger partial charge in [-0.2, -0.15) is 0 Å². The van der Waals surface area contributed by atoms with Crippen LogP contribution in [-0.4, -0.2) is 40.8 Å². The molecule has 0 saturated heterocycles. The second-order valence-electron chi connectivity index (χ2n) is 9.10. The van der Waals surface area contributed by atoms with Gasteiger partial charge in [0.05, 0.1) is 12.0 Å². The summed E-state index contributed by atoms with van der Waals surface area (Å²) in [6.45, 7) is 2.73. The Morgan fingerprint density at radius 1 is 0.833 bits per heavy atom. The number of Topliss-reactive ketones (excluding diaryl/α,β-unsaturated/α-hetero) is 1. The molecule has 3 atom stereocenters. The highest BCUT2D eigenvalue weighted by Gasteiger charge is 2.39. The third kappa shape index (κ3) is 12.7. The van der Waals surface area contributed by atoms with Crippen LogP contribution >= 0.6 is 0 Å². The number of aliphatic carboxylic acids is 1. The van der Waals surface area contributed by atoms with Crippen LogP contribution in [0.5, 0.6) is 0 Å². The fourth-order valence-electron chi connectivity index (χ4n) is 4.32. The van der Waals surface area contributed by atoms with Gasteiger partial charge < -0.3 is 14.9 Å². The molecule has 30 heavy (non-hydrogen) atoms. The fourth-order valence-corrected chi connectivity index (χ4v) is 4.32. The van der Waals surface area contributed by atoms with Crippen molar-refractivity contribution in [2.45, 2.75) is 135 Å². The van der Waals surface area contributed by atoms with Crippen molar-refractivity contribution in [1.82, 2.24) is 0 Å². The van der Waals surface area contributed by atoms with Crippen LogP contribution in [0.4, 0.5) is 0 Å². The lowest BCUT2D eigenvalue weighted by Crippen LogP contribution is -2.45. The lowest BCUT2D eigenvalue weighted by atomic mass is 9.84. The van der Waals surface area contributed by atoms with E-state index in [4.69, 9.17) is 9.84 Å². The van der Waals surface area contributed by atoms with E-state index in [-0.39, 0.29) is 18.6 Å². The first kappa shape index (κ1) is 27.1. The normalized spacial score (nSPS) is 21.8. The number of aliphatic hydroxyl groups is 1. The minimum Gasteiger partial charge on any atom is -0.481 e. The van der Waals surface area contributed by atoms with E-state index in [0.717, 1.165) is 12.8 Å². The molecule has 0 heterocycles. The van der Waals surface area contributed by atoms with Gasteiger partial charge in [0.2, 0.25) is 0 Å². The number of carboxylic acids is 1. The molecule has 0 aromatic carbocycles. The third-order valence-corrected chi connectivity index (χ3v) is 6.28. The molecule has 0 aliphatic heterocycles. The predicted octanol–water partition coefficient (Wildman–Crippen LogP) is 6.06. The second-order valence-corrected chi connectivity index (χ2v) is 9.10. The molecule has 176 valence electrons. The van der Waals surface area contributed by atoms with Gasteiger partial charge in [-0.1, -0.05) is 103 Å². The molecule has 0 bridgehead atoms. The number of ether oxygens (including phenoxy) is 1. The number of carboxylic acid groups (broad SMARTS) is 1. The third-order valence-electron chi connectivity index (χ3n) is 6.28. The van der Waals surface area contributed by atoms with Crippen LogP contribution < -0.4 is 0 Å². The van der Waals surface area contributed by atoms with E-state index in [9.17, 15) is 14.7 Å². The van der Waals surface area contributed by atoms with Gasteiger partial charge in [0.25, 0.3) is 0 Å². The van der Waals surface area contributed by atoms with Gasteiger partial charge in [0.15, 0.2) is 5.78 Å². The van der Waals surface area contributed by atoms with Gasteiger partial charge in [-0.3, -0.25) is 9.59 Å². The summed E-state index contributed by atoms with van der Waals surface area (Å²) >= 11 is 0. The molecule has 1 aliphatic rings. The SMILES string of the molecule is CCCCCCCCCCCCCCCCCCOC1C(=O)CC(C(=O)O)CC1O. The number of aliphatic hydroxyl groups excluding tert-OH is 1. The van der Waals surface area contributed by atoms with Crippen LogP contribution in [0.25, 0.3) is 0 Å². The Morgan fingerprint density at radius 3 is 1.67 bits per heavy atom. The van der Waals surface area contributed by atoms with Crippen LogP contribution in [-0.2, 0) is 14.3 Å². The summed E-state index contributed by atoms with van der Waals surface area (Å²) in [5.74, 6) is -2.07. The van der Waals surface area contributed by atoms with Crippen LogP contribution in [0.3, 0.4) is 0 Å². The summed E-state index contributed by atoms with van der Waals surface area (Å²) in [5, 5.41) is 19.0. The van der Waals surface area contributed by atoms with Crippen molar-refractivity contribution in [3.8, 4) is 0 Å². The highest BCUT2D eigenvalue weighted by Crippen LogP contribution is 2.25. The van der Waals surface area contributed by atoms with E-state index in [1.807, 2.05) is 0 Å². The first-order valence-electron chi connectivity index (χ1n) is 12.6. The maximum Gasteiger partial charge on any atom is 0.307 e. The van der Waals surface area contributed by atoms with Gasteiger partial charge in [0, 0.05) is 13.0 Å². The zero-order valence-electron chi connectivity index (χ0n) is 19.3. The van der Waals surface area contributed by atoms with Crippen molar-refractivity contribution in [2.75, 3.05) is 6.61 Å². The summed E-state index contributed by atoms with van der Waals surface area (Å²) in [7, 11) is 0. The van der Waals surface area contributed by atoms with Gasteiger partial charge >= 0.3 is 5.97 Å². The molecule has 5 heteroatoms. The van der Waals surface area contributed by atoms with Crippen LogP contribution in [0.15, 0.2) is 0 Å². The highest BCUT2D eigenvalue weighted by molar-refractivity contribution is 5.89. The van der Waals surface area contributed by atoms with Crippen molar-refractivity contribution in [3.63, 3.8) is 0 Å². The van der Waals surface area contributed by atoms with E-state index < -0.39 is 24.1 Å². The average molecular weight is 427 g/mol. The molecule has 2 N–H and O–H groups in total. The average Bonchev–Trinajstić information content (AvgIpc) is 2.71. The van der Waals surface area contributed by atoms with Gasteiger partial charge in [-0.25, -0.2) is 0 Å². The molecule has 0 spiro atoms. The standard InChI is InChI=1S/C25H46O5/c1-2-3-4-5-6-7-8-9-10-11-12-13-14-15-16-17-18-30-24-22(26)19-21(25(28)29)20-23(24)27/h21-22,24,26H,2-20H2,1H3,(H,28,29). The minimum absolute atomic E-state index is 0.0317. The van der Waals surface area contributed by atoms with Crippen LogP contribution in [0.2, 0.25) is 0 Å². The highest BCUT2D eigenvalue weighted by atomic mass is 16.5. The zero-order chi connectivity index (χ0) is 22.0. The molecule has 3 unspecified atom stereocenters. The minimum atomic E-state index is -1.02. The Hall–Kier alpha value is -0.940. The van der Waals surface area contributed by atoms with Crippen molar-refractivity contribution in [3.05, 3.63) is 0 Å². The second kappa shape index (κ2) is 17.7. The van der Waals surface area contributed by atoms with E-state index in [1.165, 1.54) is 89.9 Å². The summed E-state index contributed by atoms with van der Waals surface area (Å²) in [6.07, 6.45) is 19.2. The molecule has 1 fully saturated rings. The number of carbonyl (C=O) groups excluding carboxylic acids is 1. The van der Waals surface area contributed by atoms with Crippen molar-refractivity contribution >= 4 is 11.8 Å². The Balaban J connectivity index is 1.85. The summed E-state index contributed by atoms with van der Waals surface area (Å²) in [6, 6.07) is 0. The summed E-state index contributed by atoms with van der Waals surface area (Å²) in [5.41, 5.74) is 0. The smallest absolute Gasteiger partial charge is 0.307 e.